The van der Waals surface area contributed by atoms with Gasteiger partial charge in [0.25, 0.3) is 6.01 Å². The number of benzene rings is 3. The summed E-state index contributed by atoms with van der Waals surface area (Å²) >= 11 is 0. The van der Waals surface area contributed by atoms with Crippen molar-refractivity contribution in [1.29, 1.82) is 0 Å². The molecule has 1 amide bonds. The van der Waals surface area contributed by atoms with Crippen molar-refractivity contribution in [2.75, 3.05) is 37.1 Å². The second-order valence-electron chi connectivity index (χ2n) is 10.5. The van der Waals surface area contributed by atoms with Gasteiger partial charge in [-0.25, -0.2) is 4.79 Å². The quantitative estimate of drug-likeness (QED) is 0.209. The van der Waals surface area contributed by atoms with Crippen LogP contribution in [0.2, 0.25) is 0 Å². The number of aromatic nitrogens is 1. The monoisotopic (exact) mass is 555 g/mol. The number of amides is 1. The van der Waals surface area contributed by atoms with E-state index in [0.29, 0.717) is 37.0 Å². The molecule has 3 aromatic carbocycles. The van der Waals surface area contributed by atoms with Crippen LogP contribution in [0, 0.1) is 5.92 Å². The number of anilines is 2. The van der Waals surface area contributed by atoms with Gasteiger partial charge in [-0.05, 0) is 54.8 Å². The van der Waals surface area contributed by atoms with Crippen LogP contribution in [-0.2, 0) is 20.7 Å². The molecular weight excluding hydrogens is 518 g/mol. The Morgan fingerprint density at radius 1 is 0.951 bits per heavy atom. The van der Waals surface area contributed by atoms with Crippen LogP contribution in [0.3, 0.4) is 0 Å². The fourth-order valence-corrected chi connectivity index (χ4v) is 5.38. The number of methoxy groups -OCH3 is 1. The van der Waals surface area contributed by atoms with E-state index in [4.69, 9.17) is 13.9 Å². The summed E-state index contributed by atoms with van der Waals surface area (Å²) < 4.78 is 17.0. The molecular formula is C33H37N3O5. The predicted octanol–water partition coefficient (Wildman–Crippen LogP) is 6.04. The summed E-state index contributed by atoms with van der Waals surface area (Å²) in [6.07, 6.45) is 5.26. The van der Waals surface area contributed by atoms with Crippen molar-refractivity contribution < 1.29 is 23.5 Å². The van der Waals surface area contributed by atoms with Gasteiger partial charge >= 0.3 is 5.97 Å². The molecule has 1 atom stereocenters. The topological polar surface area (TPSA) is 85.1 Å². The van der Waals surface area contributed by atoms with E-state index >= 15 is 0 Å². The summed E-state index contributed by atoms with van der Waals surface area (Å²) in [5, 5.41) is 0. The molecule has 0 N–H and O–H groups in total. The van der Waals surface area contributed by atoms with E-state index in [1.165, 1.54) is 7.11 Å². The number of carbonyl (C=O) groups is 2. The second-order valence-corrected chi connectivity index (χ2v) is 10.5. The van der Waals surface area contributed by atoms with Crippen LogP contribution in [0.25, 0.3) is 11.1 Å². The number of esters is 1. The lowest BCUT2D eigenvalue weighted by Crippen LogP contribution is -2.50. The van der Waals surface area contributed by atoms with Crippen molar-refractivity contribution in [2.45, 2.75) is 44.6 Å². The standard InChI is InChI=1S/C33H37N3O5/c1-35(33-34-28-15-9-10-16-30(28)41-33)21-22-40-27-19-17-24(18-20-27)23-29(32(38)39-2)36(26-13-7-4-8-14-26)31(37)25-11-5-3-6-12-25/h4,7-10,13-20,25,29H,3,5-6,11-12,21-23H2,1-2H3. The van der Waals surface area contributed by atoms with Gasteiger partial charge in [0, 0.05) is 25.1 Å². The van der Waals surface area contributed by atoms with Crippen molar-refractivity contribution in [3.8, 4) is 5.75 Å². The Hall–Kier alpha value is -4.33. The van der Waals surface area contributed by atoms with E-state index in [9.17, 15) is 9.59 Å². The van der Waals surface area contributed by atoms with E-state index < -0.39 is 12.0 Å². The fourth-order valence-electron chi connectivity index (χ4n) is 5.38. The van der Waals surface area contributed by atoms with Gasteiger partial charge in [0.05, 0.1) is 13.7 Å². The number of carbonyl (C=O) groups excluding carboxylic acids is 2. The highest BCUT2D eigenvalue weighted by Gasteiger charge is 2.36. The first kappa shape index (κ1) is 28.2. The van der Waals surface area contributed by atoms with E-state index in [-0.39, 0.29) is 11.8 Å². The van der Waals surface area contributed by atoms with Crippen LogP contribution in [0.4, 0.5) is 11.7 Å². The largest absolute Gasteiger partial charge is 0.492 e. The highest BCUT2D eigenvalue weighted by Crippen LogP contribution is 2.30. The molecule has 1 unspecified atom stereocenters. The number of fused-ring (bicyclic) bond motifs is 1. The number of oxazole rings is 1. The minimum atomic E-state index is -0.770. The van der Waals surface area contributed by atoms with Gasteiger partial charge < -0.3 is 18.8 Å². The number of nitrogens with zero attached hydrogens (tertiary/aromatic N) is 3. The Morgan fingerprint density at radius 2 is 1.66 bits per heavy atom. The van der Waals surface area contributed by atoms with Gasteiger partial charge in [-0.15, -0.1) is 0 Å². The summed E-state index contributed by atoms with van der Waals surface area (Å²) in [5.41, 5.74) is 3.19. The van der Waals surface area contributed by atoms with Gasteiger partial charge in [0.1, 0.15) is 23.9 Å². The lowest BCUT2D eigenvalue weighted by molar-refractivity contribution is -0.144. The Labute approximate surface area is 240 Å². The van der Waals surface area contributed by atoms with Gasteiger partial charge in [0.15, 0.2) is 5.58 Å². The molecule has 41 heavy (non-hydrogen) atoms. The zero-order chi connectivity index (χ0) is 28.6. The Balaban J connectivity index is 1.25. The van der Waals surface area contributed by atoms with Crippen molar-refractivity contribution >= 4 is 34.7 Å². The SMILES string of the molecule is COC(=O)C(Cc1ccc(OCCN(C)c2nc3ccccc3o2)cc1)N(C(=O)C1CCCCC1)c1ccccc1. The molecule has 5 rings (SSSR count). The number of para-hydroxylation sites is 3. The molecule has 0 saturated heterocycles. The van der Waals surface area contributed by atoms with Crippen molar-refractivity contribution in [3.63, 3.8) is 0 Å². The molecule has 1 aliphatic carbocycles. The van der Waals surface area contributed by atoms with Gasteiger partial charge in [-0.2, -0.15) is 4.98 Å². The van der Waals surface area contributed by atoms with Crippen LogP contribution in [-0.4, -0.2) is 50.2 Å². The summed E-state index contributed by atoms with van der Waals surface area (Å²) in [6.45, 7) is 1.03. The molecule has 1 saturated carbocycles. The summed E-state index contributed by atoms with van der Waals surface area (Å²) in [4.78, 5) is 35.0. The average molecular weight is 556 g/mol. The minimum absolute atomic E-state index is 0.00526. The summed E-state index contributed by atoms with van der Waals surface area (Å²) in [6, 6.07) is 24.5. The van der Waals surface area contributed by atoms with E-state index in [1.54, 1.807) is 4.90 Å². The van der Waals surface area contributed by atoms with Gasteiger partial charge in [-0.3, -0.25) is 9.69 Å². The molecule has 214 valence electrons. The fraction of sp³-hybridized carbons (Fsp3) is 0.364. The third-order valence-corrected chi connectivity index (χ3v) is 7.67. The molecule has 1 heterocycles. The average Bonchev–Trinajstić information content (AvgIpc) is 3.47. The van der Waals surface area contributed by atoms with Crippen molar-refractivity contribution in [2.24, 2.45) is 5.92 Å². The first-order chi connectivity index (χ1) is 20.0. The zero-order valence-corrected chi connectivity index (χ0v) is 23.7. The molecule has 1 aliphatic rings. The molecule has 1 aromatic heterocycles. The molecule has 8 nitrogen and oxygen atoms in total. The normalized spacial score (nSPS) is 14.4. The van der Waals surface area contributed by atoms with Crippen LogP contribution in [0.15, 0.2) is 83.3 Å². The van der Waals surface area contributed by atoms with E-state index in [1.807, 2.05) is 90.8 Å². The summed E-state index contributed by atoms with van der Waals surface area (Å²) in [7, 11) is 3.29. The Bertz CT molecular complexity index is 1400. The molecule has 0 aliphatic heterocycles. The number of ether oxygens (including phenoxy) is 2. The molecule has 0 radical (unpaired) electrons. The molecule has 8 heteroatoms. The lowest BCUT2D eigenvalue weighted by Gasteiger charge is -2.34. The highest BCUT2D eigenvalue weighted by molar-refractivity contribution is 6.00. The van der Waals surface area contributed by atoms with Crippen LogP contribution >= 0.6 is 0 Å². The van der Waals surface area contributed by atoms with Crippen molar-refractivity contribution in [3.05, 3.63) is 84.4 Å². The molecule has 0 bridgehead atoms. The lowest BCUT2D eigenvalue weighted by atomic mass is 9.87. The first-order valence-electron chi connectivity index (χ1n) is 14.3. The maximum absolute atomic E-state index is 13.8. The third kappa shape index (κ3) is 6.88. The number of hydrogen-bond acceptors (Lipinski definition) is 7. The Kier molecular flexibility index (Phi) is 9.19. The predicted molar refractivity (Wildman–Crippen MR) is 159 cm³/mol. The number of rotatable bonds is 11. The van der Waals surface area contributed by atoms with Crippen LogP contribution in [0.1, 0.15) is 37.7 Å². The Morgan fingerprint density at radius 3 is 2.37 bits per heavy atom. The summed E-state index contributed by atoms with van der Waals surface area (Å²) in [5.74, 6) is 0.196. The smallest absolute Gasteiger partial charge is 0.329 e. The third-order valence-electron chi connectivity index (χ3n) is 7.67. The number of likely N-dealkylation sites (N-methyl/N-ethyl adjacent to an activating group) is 1. The van der Waals surface area contributed by atoms with Gasteiger partial charge in [-0.1, -0.05) is 61.7 Å². The molecule has 0 spiro atoms. The maximum atomic E-state index is 13.8. The van der Waals surface area contributed by atoms with Crippen LogP contribution in [0.5, 0.6) is 5.75 Å². The van der Waals surface area contributed by atoms with E-state index in [0.717, 1.165) is 48.8 Å². The molecule has 1 fully saturated rings. The number of hydrogen-bond donors (Lipinski definition) is 0. The highest BCUT2D eigenvalue weighted by atomic mass is 16.5. The maximum Gasteiger partial charge on any atom is 0.329 e. The van der Waals surface area contributed by atoms with Crippen molar-refractivity contribution in [1.82, 2.24) is 4.98 Å². The zero-order valence-electron chi connectivity index (χ0n) is 23.7. The van der Waals surface area contributed by atoms with E-state index in [2.05, 4.69) is 4.98 Å². The first-order valence-corrected chi connectivity index (χ1v) is 14.3. The second kappa shape index (κ2) is 13.4. The minimum Gasteiger partial charge on any atom is -0.492 e. The van der Waals surface area contributed by atoms with Gasteiger partial charge in [0.2, 0.25) is 5.91 Å². The molecule has 4 aromatic rings. The van der Waals surface area contributed by atoms with Crippen LogP contribution < -0.4 is 14.5 Å².